The van der Waals surface area contributed by atoms with Crippen LogP contribution in [0.4, 0.5) is 0 Å². The van der Waals surface area contributed by atoms with Crippen LogP contribution in [-0.2, 0) is 4.79 Å². The fourth-order valence-electron chi connectivity index (χ4n) is 2.15. The Labute approximate surface area is 125 Å². The van der Waals surface area contributed by atoms with E-state index in [0.29, 0.717) is 0 Å². The van der Waals surface area contributed by atoms with Gasteiger partial charge in [-0.25, -0.2) is 0 Å². The van der Waals surface area contributed by atoms with Crippen molar-refractivity contribution in [3.05, 3.63) is 23.9 Å². The van der Waals surface area contributed by atoms with E-state index in [1.807, 2.05) is 6.92 Å². The summed E-state index contributed by atoms with van der Waals surface area (Å²) in [5, 5.41) is 18.8. The van der Waals surface area contributed by atoms with E-state index in [0.717, 1.165) is 26.1 Å². The molecule has 1 saturated heterocycles. The molecule has 0 saturated carbocycles. The Hall–Kier alpha value is -1.50. The van der Waals surface area contributed by atoms with Crippen molar-refractivity contribution in [3.63, 3.8) is 0 Å². The average Bonchev–Trinajstić information content (AvgIpc) is 2.98. The summed E-state index contributed by atoms with van der Waals surface area (Å²) in [6.07, 6.45) is 8.71. The predicted octanol–water partition coefficient (Wildman–Crippen LogP) is 0.776. The van der Waals surface area contributed by atoms with E-state index in [1.54, 1.807) is 24.4 Å². The van der Waals surface area contributed by atoms with Gasteiger partial charge in [-0.15, -0.1) is 0 Å². The molecule has 0 aromatic carbocycles. The number of rotatable bonds is 8. The number of hydrogen-bond acceptors (Lipinski definition) is 5. The Bertz CT molecular complexity index is 412. The normalized spacial score (nSPS) is 20.4. The first-order chi connectivity index (χ1) is 10.1. The second-order valence-corrected chi connectivity index (χ2v) is 5.08. The van der Waals surface area contributed by atoms with E-state index in [-0.39, 0.29) is 5.70 Å². The van der Waals surface area contributed by atoms with Crippen molar-refractivity contribution in [3.8, 4) is 0 Å². The molecule has 1 rings (SSSR count). The molecule has 4 N–H and O–H groups in total. The number of aliphatic carboxylic acids is 1. The molecule has 1 aliphatic heterocycles. The van der Waals surface area contributed by atoms with E-state index >= 15 is 0 Å². The zero-order chi connectivity index (χ0) is 15.7. The minimum atomic E-state index is -1.38. The number of aliphatic hydroxyl groups is 1. The lowest BCUT2D eigenvalue weighted by Crippen LogP contribution is -2.42. The molecule has 2 atom stereocenters. The average molecular weight is 295 g/mol. The van der Waals surface area contributed by atoms with Crippen molar-refractivity contribution in [2.24, 2.45) is 10.7 Å². The monoisotopic (exact) mass is 295 g/mol. The molecule has 1 aliphatic rings. The number of nitrogens with zero attached hydrogens (tertiary/aromatic N) is 2. The summed E-state index contributed by atoms with van der Waals surface area (Å²) in [5.41, 5.74) is 5.71. The minimum Gasteiger partial charge on any atom is -0.480 e. The smallest absolute Gasteiger partial charge is 0.323 e. The fraction of sp³-hybridized carbons (Fsp3) is 0.600. The van der Waals surface area contributed by atoms with Gasteiger partial charge in [0, 0.05) is 12.8 Å². The maximum Gasteiger partial charge on any atom is 0.323 e. The molecule has 0 spiro atoms. The quantitative estimate of drug-likeness (QED) is 0.454. The van der Waals surface area contributed by atoms with E-state index in [9.17, 15) is 9.90 Å². The van der Waals surface area contributed by atoms with Gasteiger partial charge in [0.1, 0.15) is 12.1 Å². The lowest BCUT2D eigenvalue weighted by molar-refractivity contribution is -0.140. The van der Waals surface area contributed by atoms with Crippen LogP contribution in [0.5, 0.6) is 0 Å². The van der Waals surface area contributed by atoms with Crippen molar-refractivity contribution in [1.29, 1.82) is 0 Å². The summed E-state index contributed by atoms with van der Waals surface area (Å²) in [6.45, 7) is 5.01. The highest BCUT2D eigenvalue weighted by Crippen LogP contribution is 2.10. The van der Waals surface area contributed by atoms with Crippen molar-refractivity contribution in [2.75, 3.05) is 19.6 Å². The van der Waals surface area contributed by atoms with Crippen LogP contribution in [0.15, 0.2) is 28.9 Å². The molecule has 1 heterocycles. The molecular weight excluding hydrogens is 270 g/mol. The molecule has 0 aromatic heterocycles. The van der Waals surface area contributed by atoms with Crippen molar-refractivity contribution in [1.82, 2.24) is 4.90 Å². The lowest BCUT2D eigenvalue weighted by atomic mass is 10.1. The molecule has 0 aromatic rings. The van der Waals surface area contributed by atoms with Gasteiger partial charge >= 0.3 is 5.97 Å². The molecular formula is C15H25N3O3. The van der Waals surface area contributed by atoms with Crippen molar-refractivity contribution < 1.29 is 15.0 Å². The number of aliphatic imine (C=N–C) groups is 1. The number of hydrogen-bond donors (Lipinski definition) is 3. The van der Waals surface area contributed by atoms with Crippen LogP contribution in [0.1, 0.15) is 26.2 Å². The Kier molecular flexibility index (Phi) is 7.89. The molecule has 6 nitrogen and oxygen atoms in total. The van der Waals surface area contributed by atoms with Crippen molar-refractivity contribution >= 4 is 12.2 Å². The van der Waals surface area contributed by atoms with Gasteiger partial charge in [0.2, 0.25) is 0 Å². The van der Waals surface area contributed by atoms with Crippen molar-refractivity contribution in [2.45, 2.75) is 38.3 Å². The number of carboxylic acids is 1. The summed E-state index contributed by atoms with van der Waals surface area (Å²) in [7, 11) is 0. The fourth-order valence-corrected chi connectivity index (χ4v) is 2.15. The number of carbonyl (C=O) groups is 1. The Balaban J connectivity index is 2.58. The van der Waals surface area contributed by atoms with Crippen LogP contribution in [-0.4, -0.2) is 59.1 Å². The van der Waals surface area contributed by atoms with Gasteiger partial charge in [0.05, 0.1) is 5.70 Å². The Morgan fingerprint density at radius 1 is 1.43 bits per heavy atom. The molecule has 2 unspecified atom stereocenters. The van der Waals surface area contributed by atoms with Gasteiger partial charge in [-0.1, -0.05) is 12.2 Å². The van der Waals surface area contributed by atoms with Crippen LogP contribution in [0.3, 0.4) is 0 Å². The molecule has 0 amide bonds. The third-order valence-corrected chi connectivity index (χ3v) is 3.40. The van der Waals surface area contributed by atoms with E-state index in [2.05, 4.69) is 9.89 Å². The predicted molar refractivity (Wildman–Crippen MR) is 83.3 cm³/mol. The van der Waals surface area contributed by atoms with E-state index < -0.39 is 18.1 Å². The van der Waals surface area contributed by atoms with E-state index in [1.165, 1.54) is 12.8 Å². The first-order valence-corrected chi connectivity index (χ1v) is 7.30. The second-order valence-electron chi connectivity index (χ2n) is 5.08. The summed E-state index contributed by atoms with van der Waals surface area (Å²) in [6, 6.07) is -1.38. The largest absolute Gasteiger partial charge is 0.480 e. The first-order valence-electron chi connectivity index (χ1n) is 7.30. The zero-order valence-electron chi connectivity index (χ0n) is 12.5. The third-order valence-electron chi connectivity index (χ3n) is 3.40. The highest BCUT2D eigenvalue weighted by atomic mass is 16.4. The minimum absolute atomic E-state index is 0.268. The number of aliphatic hydroxyl groups excluding tert-OH is 1. The number of likely N-dealkylation sites (tertiary alicyclic amines) is 1. The molecule has 0 aliphatic carbocycles. The van der Waals surface area contributed by atoms with Gasteiger partial charge in [0.25, 0.3) is 0 Å². The summed E-state index contributed by atoms with van der Waals surface area (Å²) >= 11 is 0. The topological polar surface area (TPSA) is 99.1 Å². The highest BCUT2D eigenvalue weighted by molar-refractivity contribution is 5.74. The molecule has 0 radical (unpaired) electrons. The van der Waals surface area contributed by atoms with Crippen LogP contribution >= 0.6 is 0 Å². The molecule has 0 bridgehead atoms. The lowest BCUT2D eigenvalue weighted by Gasteiger charge is -2.15. The van der Waals surface area contributed by atoms with Gasteiger partial charge in [-0.3, -0.25) is 9.79 Å². The SMILES string of the molecule is C/C=C\C=C(/N=CCCN1CCCC1)C(O)C(N)C(=O)O. The summed E-state index contributed by atoms with van der Waals surface area (Å²) in [4.78, 5) is 17.4. The van der Waals surface area contributed by atoms with Gasteiger partial charge in [0.15, 0.2) is 0 Å². The maximum absolute atomic E-state index is 10.8. The molecule has 1 fully saturated rings. The summed E-state index contributed by atoms with van der Waals surface area (Å²) in [5.74, 6) is -1.25. The van der Waals surface area contributed by atoms with Gasteiger partial charge in [-0.2, -0.15) is 0 Å². The standard InChI is InChI=1S/C15H25N3O3/c1-2-3-7-12(14(19)13(16)15(20)21)17-8-6-11-18-9-4-5-10-18/h2-3,7-8,13-14,19H,4-6,9-11,16H2,1H3,(H,20,21)/b3-2-,12-7-,17-8?. The molecule has 118 valence electrons. The Morgan fingerprint density at radius 2 is 2.10 bits per heavy atom. The zero-order valence-corrected chi connectivity index (χ0v) is 12.5. The second kappa shape index (κ2) is 9.44. The molecule has 6 heteroatoms. The van der Waals surface area contributed by atoms with Crippen LogP contribution < -0.4 is 5.73 Å². The first kappa shape index (κ1) is 17.6. The number of nitrogens with two attached hydrogens (primary N) is 1. The van der Waals surface area contributed by atoms with Gasteiger partial charge in [-0.05, 0) is 45.4 Å². The van der Waals surface area contributed by atoms with Crippen LogP contribution in [0.25, 0.3) is 0 Å². The highest BCUT2D eigenvalue weighted by Gasteiger charge is 2.24. The van der Waals surface area contributed by atoms with E-state index in [4.69, 9.17) is 10.8 Å². The summed E-state index contributed by atoms with van der Waals surface area (Å²) < 4.78 is 0. The van der Waals surface area contributed by atoms with Crippen LogP contribution in [0, 0.1) is 0 Å². The maximum atomic E-state index is 10.8. The molecule has 21 heavy (non-hydrogen) atoms. The number of carboxylic acid groups (broad SMARTS) is 1. The Morgan fingerprint density at radius 3 is 2.67 bits per heavy atom. The number of allylic oxidation sites excluding steroid dienone is 3. The third kappa shape index (κ3) is 6.20. The van der Waals surface area contributed by atoms with Gasteiger partial charge < -0.3 is 20.8 Å². The van der Waals surface area contributed by atoms with Crippen LogP contribution in [0.2, 0.25) is 0 Å².